The summed E-state index contributed by atoms with van der Waals surface area (Å²) in [6.07, 6.45) is 3.33. The van der Waals surface area contributed by atoms with Gasteiger partial charge in [-0.15, -0.1) is 0 Å². The number of pyridine rings is 1. The number of nitrogens with one attached hydrogen (secondary N) is 2. The Bertz CT molecular complexity index is 1620. The van der Waals surface area contributed by atoms with E-state index in [0.717, 1.165) is 25.1 Å². The predicted octanol–water partition coefficient (Wildman–Crippen LogP) is 4.83. The van der Waals surface area contributed by atoms with Crippen LogP contribution in [0.4, 0.5) is 13.2 Å². The number of alkyl halides is 1. The van der Waals surface area contributed by atoms with Crippen molar-refractivity contribution in [1.29, 1.82) is 0 Å². The molecule has 0 saturated heterocycles. The van der Waals surface area contributed by atoms with Crippen LogP contribution in [0.1, 0.15) is 89.6 Å². The van der Waals surface area contributed by atoms with Gasteiger partial charge in [0.25, 0.3) is 11.5 Å². The van der Waals surface area contributed by atoms with E-state index in [2.05, 4.69) is 25.6 Å². The highest BCUT2D eigenvalue weighted by Gasteiger charge is 2.37. The van der Waals surface area contributed by atoms with E-state index in [1.165, 1.54) is 13.2 Å². The number of halogens is 3. The number of rotatable bonds is 9. The van der Waals surface area contributed by atoms with E-state index in [4.69, 9.17) is 13.8 Å². The molecule has 2 fully saturated rings. The smallest absolute Gasteiger partial charge is 0.276 e. The number of nitrogens with zero attached hydrogens (tertiary/aromatic N) is 3. The average molecular weight is 572 g/mol. The summed E-state index contributed by atoms with van der Waals surface area (Å²) in [5.41, 5.74) is 0.415. The first-order valence-corrected chi connectivity index (χ1v) is 13.6. The number of oxazole rings is 1. The van der Waals surface area contributed by atoms with Crippen molar-refractivity contribution in [1.82, 2.24) is 25.6 Å². The standard InChI is InChI=1S/C28H28F3N5O5/c1-39-12-19(18-10-17(30)11-32-26(18)37)15-8-20(31)25-21(9-15)33-28(40-25)23(14-4-6-16(29)7-5-14)34-27(38)24-22(13-2-3-13)35-41-36-24/h8-11,13-14,16,19,23H,2-7,12H2,1H3,(H,32,37)(H,34,38). The molecule has 2 unspecified atom stereocenters. The van der Waals surface area contributed by atoms with Crippen molar-refractivity contribution in [2.24, 2.45) is 5.92 Å². The second kappa shape index (κ2) is 11.1. The molecule has 216 valence electrons. The van der Waals surface area contributed by atoms with Gasteiger partial charge in [-0.05, 0) is 73.4 Å². The molecule has 0 spiro atoms. The van der Waals surface area contributed by atoms with Crippen LogP contribution >= 0.6 is 0 Å². The summed E-state index contributed by atoms with van der Waals surface area (Å²) in [4.78, 5) is 32.6. The van der Waals surface area contributed by atoms with E-state index in [1.54, 1.807) is 6.07 Å². The first-order chi connectivity index (χ1) is 19.8. The number of ether oxygens (including phenoxy) is 1. The maximum absolute atomic E-state index is 15.4. The fourth-order valence-electron chi connectivity index (χ4n) is 5.61. The van der Waals surface area contributed by atoms with Crippen LogP contribution < -0.4 is 10.9 Å². The number of amides is 1. The molecule has 0 radical (unpaired) electrons. The lowest BCUT2D eigenvalue weighted by atomic mass is 9.83. The molecule has 0 bridgehead atoms. The van der Waals surface area contributed by atoms with Crippen molar-refractivity contribution >= 4 is 17.0 Å². The SMILES string of the molecule is COCC(c1cc(F)c2oc(C(NC(=O)c3nonc3C3CC3)C3CCC(F)CC3)nc2c1)c1cc(F)c[nH]c1=O. The third kappa shape index (κ3) is 5.50. The number of fused-ring (bicyclic) bond motifs is 1. The second-order valence-corrected chi connectivity index (χ2v) is 10.7. The Kier molecular flexibility index (Phi) is 7.37. The summed E-state index contributed by atoms with van der Waals surface area (Å²) in [7, 11) is 1.42. The molecule has 1 aromatic carbocycles. The van der Waals surface area contributed by atoms with E-state index in [9.17, 15) is 18.4 Å². The Balaban J connectivity index is 1.37. The molecule has 0 aliphatic heterocycles. The highest BCUT2D eigenvalue weighted by molar-refractivity contribution is 5.93. The Hall–Kier alpha value is -4.00. The summed E-state index contributed by atoms with van der Waals surface area (Å²) in [6.45, 7) is -0.0254. The molecular formula is C28H28F3N5O5. The zero-order chi connectivity index (χ0) is 28.7. The first kappa shape index (κ1) is 27.2. The number of H-pyrrole nitrogens is 1. The maximum atomic E-state index is 15.4. The second-order valence-electron chi connectivity index (χ2n) is 10.7. The van der Waals surface area contributed by atoms with E-state index in [1.807, 2.05) is 0 Å². The Morgan fingerprint density at radius 3 is 2.66 bits per heavy atom. The van der Waals surface area contributed by atoms with Crippen molar-refractivity contribution in [3.63, 3.8) is 0 Å². The number of methoxy groups -OCH3 is 1. The number of hydrogen-bond donors (Lipinski definition) is 2. The minimum atomic E-state index is -0.934. The molecule has 3 heterocycles. The van der Waals surface area contributed by atoms with Crippen LogP contribution in [-0.2, 0) is 4.74 Å². The van der Waals surface area contributed by atoms with Gasteiger partial charge in [0.05, 0.1) is 6.61 Å². The molecule has 4 aromatic rings. The molecule has 6 rings (SSSR count). The minimum Gasteiger partial charge on any atom is -0.435 e. The third-order valence-electron chi connectivity index (χ3n) is 7.91. The molecule has 41 heavy (non-hydrogen) atoms. The van der Waals surface area contributed by atoms with Gasteiger partial charge in [-0.2, -0.15) is 0 Å². The number of carbonyl (C=O) groups is 1. The molecule has 1 amide bonds. The maximum Gasteiger partial charge on any atom is 0.276 e. The lowest BCUT2D eigenvalue weighted by Gasteiger charge is -2.30. The summed E-state index contributed by atoms with van der Waals surface area (Å²) >= 11 is 0. The molecule has 2 aliphatic carbocycles. The topological polar surface area (TPSA) is 136 Å². The van der Waals surface area contributed by atoms with Crippen molar-refractivity contribution in [3.05, 3.63) is 74.8 Å². The van der Waals surface area contributed by atoms with Gasteiger partial charge in [0.1, 0.15) is 29.2 Å². The van der Waals surface area contributed by atoms with Crippen molar-refractivity contribution in [2.75, 3.05) is 13.7 Å². The molecule has 2 atom stereocenters. The van der Waals surface area contributed by atoms with E-state index in [0.29, 0.717) is 36.9 Å². The van der Waals surface area contributed by atoms with E-state index in [-0.39, 0.29) is 46.7 Å². The average Bonchev–Trinajstić information content (AvgIpc) is 3.51. The summed E-state index contributed by atoms with van der Waals surface area (Å²) in [6, 6.07) is 3.02. The summed E-state index contributed by atoms with van der Waals surface area (Å²) < 4.78 is 59.4. The lowest BCUT2D eigenvalue weighted by Crippen LogP contribution is -2.36. The zero-order valence-corrected chi connectivity index (χ0v) is 22.2. The van der Waals surface area contributed by atoms with Crippen LogP contribution in [0.2, 0.25) is 0 Å². The predicted molar refractivity (Wildman–Crippen MR) is 138 cm³/mol. The monoisotopic (exact) mass is 571 g/mol. The number of aromatic nitrogens is 4. The van der Waals surface area contributed by atoms with Gasteiger partial charge in [0, 0.05) is 30.7 Å². The number of carbonyl (C=O) groups excluding carboxylic acids is 1. The van der Waals surface area contributed by atoms with Crippen LogP contribution in [0.5, 0.6) is 0 Å². The zero-order valence-electron chi connectivity index (χ0n) is 22.2. The highest BCUT2D eigenvalue weighted by Crippen LogP contribution is 2.41. The minimum absolute atomic E-state index is 0.0254. The van der Waals surface area contributed by atoms with Crippen LogP contribution in [0.15, 0.2) is 38.2 Å². The van der Waals surface area contributed by atoms with E-state index < -0.39 is 41.2 Å². The summed E-state index contributed by atoms with van der Waals surface area (Å²) in [5.74, 6) is -2.78. The summed E-state index contributed by atoms with van der Waals surface area (Å²) in [5, 5.41) is 10.6. The normalized spacial score (nSPS) is 20.7. The number of aromatic amines is 1. The van der Waals surface area contributed by atoms with Gasteiger partial charge in [0.15, 0.2) is 17.1 Å². The molecule has 13 heteroatoms. The van der Waals surface area contributed by atoms with Crippen LogP contribution in [0.25, 0.3) is 11.1 Å². The van der Waals surface area contributed by atoms with Crippen molar-refractivity contribution in [2.45, 2.75) is 62.6 Å². The Morgan fingerprint density at radius 2 is 1.93 bits per heavy atom. The lowest BCUT2D eigenvalue weighted by molar-refractivity contribution is 0.0876. The fourth-order valence-corrected chi connectivity index (χ4v) is 5.61. The van der Waals surface area contributed by atoms with Crippen LogP contribution in [-0.4, -0.2) is 46.1 Å². The Morgan fingerprint density at radius 1 is 1.15 bits per heavy atom. The van der Waals surface area contributed by atoms with Gasteiger partial charge in [0.2, 0.25) is 5.89 Å². The molecule has 3 aromatic heterocycles. The fraction of sp³-hybridized carbons (Fsp3) is 0.464. The molecule has 2 saturated carbocycles. The van der Waals surface area contributed by atoms with Crippen molar-refractivity contribution < 1.29 is 31.7 Å². The van der Waals surface area contributed by atoms with Gasteiger partial charge in [-0.1, -0.05) is 5.16 Å². The number of benzene rings is 1. The largest absolute Gasteiger partial charge is 0.435 e. The molecular weight excluding hydrogens is 543 g/mol. The van der Waals surface area contributed by atoms with E-state index >= 15 is 4.39 Å². The van der Waals surface area contributed by atoms with Crippen LogP contribution in [0.3, 0.4) is 0 Å². The van der Waals surface area contributed by atoms with Gasteiger partial charge in [-0.3, -0.25) is 9.59 Å². The van der Waals surface area contributed by atoms with Crippen LogP contribution in [0, 0.1) is 17.6 Å². The number of hydrogen-bond acceptors (Lipinski definition) is 8. The quantitative estimate of drug-likeness (QED) is 0.292. The molecule has 2 N–H and O–H groups in total. The van der Waals surface area contributed by atoms with Gasteiger partial charge < -0.3 is 19.5 Å². The molecule has 2 aliphatic rings. The molecule has 10 nitrogen and oxygen atoms in total. The van der Waals surface area contributed by atoms with Gasteiger partial charge >= 0.3 is 0 Å². The Labute approximate surface area is 231 Å². The first-order valence-electron chi connectivity index (χ1n) is 13.6. The van der Waals surface area contributed by atoms with Gasteiger partial charge in [-0.25, -0.2) is 22.8 Å². The third-order valence-corrected chi connectivity index (χ3v) is 7.91. The highest BCUT2D eigenvalue weighted by atomic mass is 19.1. The van der Waals surface area contributed by atoms with Crippen molar-refractivity contribution in [3.8, 4) is 0 Å².